The van der Waals surface area contributed by atoms with Gasteiger partial charge < -0.3 is 5.32 Å². The Hall–Kier alpha value is -2.95. The fourth-order valence-corrected chi connectivity index (χ4v) is 2.79. The second kappa shape index (κ2) is 7.75. The van der Waals surface area contributed by atoms with Crippen LogP contribution in [-0.4, -0.2) is 20.7 Å². The van der Waals surface area contributed by atoms with Gasteiger partial charge in [0.2, 0.25) is 0 Å². The number of carbonyl (C=O) groups excluding carboxylic acids is 1. The van der Waals surface area contributed by atoms with E-state index in [4.69, 9.17) is 0 Å². The van der Waals surface area contributed by atoms with Crippen LogP contribution in [0.4, 0.5) is 0 Å². The third kappa shape index (κ3) is 4.12. The van der Waals surface area contributed by atoms with E-state index in [1.54, 1.807) is 12.4 Å². The van der Waals surface area contributed by atoms with Crippen LogP contribution in [0.3, 0.4) is 0 Å². The average molecular weight is 334 g/mol. The van der Waals surface area contributed by atoms with Gasteiger partial charge in [0.25, 0.3) is 5.91 Å². The zero-order valence-electron chi connectivity index (χ0n) is 14.6. The van der Waals surface area contributed by atoms with Crippen molar-refractivity contribution in [3.63, 3.8) is 0 Å². The van der Waals surface area contributed by atoms with Gasteiger partial charge in [0.1, 0.15) is 0 Å². The maximum absolute atomic E-state index is 12.3. The molecule has 3 rings (SSSR count). The molecule has 25 heavy (non-hydrogen) atoms. The summed E-state index contributed by atoms with van der Waals surface area (Å²) in [6, 6.07) is 13.7. The first-order valence-corrected chi connectivity index (χ1v) is 8.48. The molecular formula is C20H22N4O. The molecule has 5 heteroatoms. The van der Waals surface area contributed by atoms with E-state index in [1.165, 1.54) is 5.56 Å². The first kappa shape index (κ1) is 16.9. The van der Waals surface area contributed by atoms with Crippen molar-refractivity contribution >= 4 is 5.91 Å². The highest BCUT2D eigenvalue weighted by Gasteiger charge is 2.10. The molecule has 0 fully saturated rings. The maximum atomic E-state index is 12.3. The average Bonchev–Trinajstić information content (AvgIpc) is 3.02. The van der Waals surface area contributed by atoms with Crippen molar-refractivity contribution < 1.29 is 4.79 Å². The highest BCUT2D eigenvalue weighted by atomic mass is 16.1. The van der Waals surface area contributed by atoms with Gasteiger partial charge in [-0.05, 0) is 42.3 Å². The van der Waals surface area contributed by atoms with Crippen molar-refractivity contribution in [2.45, 2.75) is 26.3 Å². The Kier molecular flexibility index (Phi) is 5.23. The molecule has 5 nitrogen and oxygen atoms in total. The van der Waals surface area contributed by atoms with Gasteiger partial charge >= 0.3 is 0 Å². The number of hydrogen-bond acceptors (Lipinski definition) is 3. The van der Waals surface area contributed by atoms with Crippen LogP contribution in [0.25, 0.3) is 11.3 Å². The van der Waals surface area contributed by atoms with Gasteiger partial charge in [-0.3, -0.25) is 14.5 Å². The van der Waals surface area contributed by atoms with E-state index in [9.17, 15) is 4.79 Å². The van der Waals surface area contributed by atoms with Crippen molar-refractivity contribution in [1.82, 2.24) is 20.1 Å². The third-order valence-electron chi connectivity index (χ3n) is 4.09. The van der Waals surface area contributed by atoms with Crippen molar-refractivity contribution in [3.8, 4) is 11.3 Å². The molecule has 2 aromatic heterocycles. The van der Waals surface area contributed by atoms with Gasteiger partial charge in [-0.2, -0.15) is 5.10 Å². The largest absolute Gasteiger partial charge is 0.346 e. The van der Waals surface area contributed by atoms with Gasteiger partial charge in [0.05, 0.1) is 17.9 Å². The van der Waals surface area contributed by atoms with Crippen LogP contribution in [0.2, 0.25) is 0 Å². The number of amides is 1. The molecule has 0 aliphatic carbocycles. The maximum Gasteiger partial charge on any atom is 0.251 e. The number of carbonyl (C=O) groups is 1. The van der Waals surface area contributed by atoms with E-state index in [1.807, 2.05) is 54.2 Å². The lowest BCUT2D eigenvalue weighted by Gasteiger charge is -2.04. The van der Waals surface area contributed by atoms with Crippen LogP contribution >= 0.6 is 0 Å². The Morgan fingerprint density at radius 1 is 1.12 bits per heavy atom. The summed E-state index contributed by atoms with van der Waals surface area (Å²) in [5, 5.41) is 7.40. The molecule has 0 aliphatic rings. The summed E-state index contributed by atoms with van der Waals surface area (Å²) in [6.45, 7) is 2.54. The minimum Gasteiger partial charge on any atom is -0.346 e. The first-order valence-electron chi connectivity index (χ1n) is 8.48. The molecule has 0 unspecified atom stereocenters. The Balaban J connectivity index is 1.64. The smallest absolute Gasteiger partial charge is 0.251 e. The van der Waals surface area contributed by atoms with E-state index < -0.39 is 0 Å². The van der Waals surface area contributed by atoms with Crippen molar-refractivity contribution in [1.29, 1.82) is 0 Å². The molecule has 1 amide bonds. The van der Waals surface area contributed by atoms with Crippen molar-refractivity contribution in [3.05, 3.63) is 71.7 Å². The van der Waals surface area contributed by atoms with Gasteiger partial charge in [-0.15, -0.1) is 0 Å². The van der Waals surface area contributed by atoms with E-state index in [0.29, 0.717) is 12.1 Å². The number of hydrogen-bond donors (Lipinski definition) is 1. The molecule has 1 N–H and O–H groups in total. The lowest BCUT2D eigenvalue weighted by Crippen LogP contribution is -2.23. The summed E-state index contributed by atoms with van der Waals surface area (Å²) in [4.78, 5) is 16.3. The lowest BCUT2D eigenvalue weighted by atomic mass is 10.1. The van der Waals surface area contributed by atoms with Gasteiger partial charge in [0, 0.05) is 30.6 Å². The Morgan fingerprint density at radius 2 is 1.84 bits per heavy atom. The molecule has 0 radical (unpaired) electrons. The van der Waals surface area contributed by atoms with Gasteiger partial charge in [0.15, 0.2) is 0 Å². The number of rotatable bonds is 6. The minimum atomic E-state index is -0.0841. The van der Waals surface area contributed by atoms with Gasteiger partial charge in [-0.25, -0.2) is 0 Å². The molecule has 0 saturated heterocycles. The predicted octanol–water partition coefficient (Wildman–Crippen LogP) is 3.36. The second-order valence-electron chi connectivity index (χ2n) is 6.01. The van der Waals surface area contributed by atoms with Crippen molar-refractivity contribution in [2.75, 3.05) is 0 Å². The molecule has 0 saturated carbocycles. The molecule has 3 aromatic rings. The molecule has 0 aliphatic heterocycles. The quantitative estimate of drug-likeness (QED) is 0.752. The van der Waals surface area contributed by atoms with Crippen LogP contribution in [0, 0.1) is 0 Å². The number of nitrogens with one attached hydrogen (secondary N) is 1. The monoisotopic (exact) mass is 334 g/mol. The third-order valence-corrected chi connectivity index (χ3v) is 4.09. The molecule has 128 valence electrons. The van der Waals surface area contributed by atoms with E-state index in [2.05, 4.69) is 22.3 Å². The molecule has 2 heterocycles. The van der Waals surface area contributed by atoms with E-state index in [0.717, 1.165) is 29.8 Å². The first-order chi connectivity index (χ1) is 12.2. The summed E-state index contributed by atoms with van der Waals surface area (Å²) in [5.41, 5.74) is 4.80. The number of aromatic nitrogens is 3. The van der Waals surface area contributed by atoms with Gasteiger partial charge in [-0.1, -0.05) is 25.5 Å². The number of nitrogens with zero attached hydrogens (tertiary/aromatic N) is 3. The molecule has 0 bridgehead atoms. The number of benzene rings is 1. The second-order valence-corrected chi connectivity index (χ2v) is 6.01. The van der Waals surface area contributed by atoms with Crippen LogP contribution in [0.5, 0.6) is 0 Å². The SMILES string of the molecule is CCCc1ccc(C(=O)NCc2cc(-c3ccncc3)n(C)n2)cc1. The molecular weight excluding hydrogens is 312 g/mol. The van der Waals surface area contributed by atoms with Crippen LogP contribution in [0.1, 0.15) is 35.0 Å². The standard InChI is InChI=1S/C20H22N4O/c1-3-4-15-5-7-17(8-6-15)20(25)22-14-18-13-19(24(2)23-18)16-9-11-21-12-10-16/h5-13H,3-4,14H2,1-2H3,(H,22,25). The Bertz CT molecular complexity index is 838. The molecule has 1 aromatic carbocycles. The zero-order chi connectivity index (χ0) is 17.6. The summed E-state index contributed by atoms with van der Waals surface area (Å²) < 4.78 is 1.82. The summed E-state index contributed by atoms with van der Waals surface area (Å²) in [5.74, 6) is -0.0841. The highest BCUT2D eigenvalue weighted by Crippen LogP contribution is 2.18. The topological polar surface area (TPSA) is 59.8 Å². The minimum absolute atomic E-state index is 0.0841. The van der Waals surface area contributed by atoms with Crippen molar-refractivity contribution in [2.24, 2.45) is 7.05 Å². The summed E-state index contributed by atoms with van der Waals surface area (Å²) in [7, 11) is 1.90. The predicted molar refractivity (Wildman–Crippen MR) is 98.0 cm³/mol. The fraction of sp³-hybridized carbons (Fsp3) is 0.250. The highest BCUT2D eigenvalue weighted by molar-refractivity contribution is 5.94. The van der Waals surface area contributed by atoms with E-state index in [-0.39, 0.29) is 5.91 Å². The van der Waals surface area contributed by atoms with Crippen LogP contribution < -0.4 is 5.32 Å². The number of pyridine rings is 1. The fourth-order valence-electron chi connectivity index (χ4n) is 2.79. The van der Waals surface area contributed by atoms with Crippen LogP contribution in [-0.2, 0) is 20.0 Å². The Morgan fingerprint density at radius 3 is 2.52 bits per heavy atom. The van der Waals surface area contributed by atoms with Crippen LogP contribution in [0.15, 0.2) is 54.9 Å². The Labute approximate surface area is 147 Å². The van der Waals surface area contributed by atoms with E-state index >= 15 is 0 Å². The zero-order valence-corrected chi connectivity index (χ0v) is 14.6. The molecule has 0 atom stereocenters. The lowest BCUT2D eigenvalue weighted by molar-refractivity contribution is 0.0950. The molecule has 0 spiro atoms. The summed E-state index contributed by atoms with van der Waals surface area (Å²) >= 11 is 0. The normalized spacial score (nSPS) is 10.6. The number of aryl methyl sites for hydroxylation is 2. The summed E-state index contributed by atoms with van der Waals surface area (Å²) in [6.07, 6.45) is 5.65.